The Morgan fingerprint density at radius 2 is 2.16 bits per heavy atom. The molecule has 19 heavy (non-hydrogen) atoms. The number of amides is 1. The lowest BCUT2D eigenvalue weighted by Gasteiger charge is -2.11. The first-order valence-electron chi connectivity index (χ1n) is 6.42. The number of aryl methyl sites for hydroxylation is 1. The van der Waals surface area contributed by atoms with Gasteiger partial charge in [0.15, 0.2) is 0 Å². The van der Waals surface area contributed by atoms with Crippen LogP contribution in [0.3, 0.4) is 0 Å². The van der Waals surface area contributed by atoms with Crippen LogP contribution in [-0.4, -0.2) is 28.5 Å². The Labute approximate surface area is 113 Å². The van der Waals surface area contributed by atoms with E-state index >= 15 is 0 Å². The highest BCUT2D eigenvalue weighted by Gasteiger charge is 2.10. The molecule has 1 amide bonds. The maximum atomic E-state index is 11.8. The maximum absolute atomic E-state index is 11.8. The van der Waals surface area contributed by atoms with Crippen LogP contribution in [0.4, 0.5) is 0 Å². The predicted molar refractivity (Wildman–Crippen MR) is 72.0 cm³/mol. The lowest BCUT2D eigenvalue weighted by atomic mass is 10.0. The molecule has 1 aromatic heterocycles. The second kappa shape index (κ2) is 7.51. The van der Waals surface area contributed by atoms with Crippen LogP contribution in [-0.2, 0) is 4.79 Å². The number of hydrogen-bond donors (Lipinski definition) is 2. The first-order valence-corrected chi connectivity index (χ1v) is 6.42. The lowest BCUT2D eigenvalue weighted by molar-refractivity contribution is -0.137. The molecular formula is C14H20N2O3. The van der Waals surface area contributed by atoms with E-state index in [2.05, 4.69) is 10.3 Å². The van der Waals surface area contributed by atoms with Crippen molar-refractivity contribution in [2.45, 2.75) is 33.1 Å². The SMILES string of the molecule is Cc1cccnc1C(=O)NCCC(C)CCC(=O)O. The smallest absolute Gasteiger partial charge is 0.303 e. The standard InChI is InChI=1S/C14H20N2O3/c1-10(5-6-12(17)18)7-9-16-14(19)13-11(2)4-3-8-15-13/h3-4,8,10H,5-7,9H2,1-2H3,(H,16,19)(H,17,18). The van der Waals surface area contributed by atoms with Crippen molar-refractivity contribution in [3.63, 3.8) is 0 Å². The normalized spacial score (nSPS) is 11.9. The Balaban J connectivity index is 2.31. The van der Waals surface area contributed by atoms with Gasteiger partial charge in [-0.05, 0) is 37.3 Å². The third-order valence-electron chi connectivity index (χ3n) is 3.00. The molecule has 1 atom stereocenters. The predicted octanol–water partition coefficient (Wildman–Crippen LogP) is 2.01. The van der Waals surface area contributed by atoms with Crippen molar-refractivity contribution >= 4 is 11.9 Å². The number of carbonyl (C=O) groups excluding carboxylic acids is 1. The number of nitrogens with zero attached hydrogens (tertiary/aromatic N) is 1. The summed E-state index contributed by atoms with van der Waals surface area (Å²) in [6.45, 7) is 4.37. The summed E-state index contributed by atoms with van der Waals surface area (Å²) in [5.41, 5.74) is 1.29. The van der Waals surface area contributed by atoms with Crippen LogP contribution < -0.4 is 5.32 Å². The van der Waals surface area contributed by atoms with Crippen LogP contribution in [0, 0.1) is 12.8 Å². The van der Waals surface area contributed by atoms with E-state index in [9.17, 15) is 9.59 Å². The van der Waals surface area contributed by atoms with Crippen LogP contribution in [0.25, 0.3) is 0 Å². The molecule has 0 saturated carbocycles. The average Bonchev–Trinajstić information content (AvgIpc) is 2.36. The van der Waals surface area contributed by atoms with Gasteiger partial charge in [0.05, 0.1) is 0 Å². The molecule has 0 spiro atoms. The van der Waals surface area contributed by atoms with Gasteiger partial charge in [0, 0.05) is 19.2 Å². The molecule has 0 aliphatic carbocycles. The third kappa shape index (κ3) is 5.50. The van der Waals surface area contributed by atoms with Gasteiger partial charge in [0.2, 0.25) is 0 Å². The lowest BCUT2D eigenvalue weighted by Crippen LogP contribution is -2.27. The average molecular weight is 264 g/mol. The summed E-state index contributed by atoms with van der Waals surface area (Å²) < 4.78 is 0. The van der Waals surface area contributed by atoms with Gasteiger partial charge in [-0.15, -0.1) is 0 Å². The van der Waals surface area contributed by atoms with Crippen molar-refractivity contribution in [1.82, 2.24) is 10.3 Å². The molecule has 0 aliphatic heterocycles. The van der Waals surface area contributed by atoms with E-state index in [-0.39, 0.29) is 18.2 Å². The molecule has 1 unspecified atom stereocenters. The van der Waals surface area contributed by atoms with Crippen LogP contribution in [0.15, 0.2) is 18.3 Å². The summed E-state index contributed by atoms with van der Waals surface area (Å²) >= 11 is 0. The zero-order chi connectivity index (χ0) is 14.3. The van der Waals surface area contributed by atoms with E-state index in [0.717, 1.165) is 12.0 Å². The number of carbonyl (C=O) groups is 2. The van der Waals surface area contributed by atoms with Crippen LogP contribution in [0.2, 0.25) is 0 Å². The number of aromatic nitrogens is 1. The first kappa shape index (κ1) is 15.1. The van der Waals surface area contributed by atoms with Crippen molar-refractivity contribution in [3.8, 4) is 0 Å². The Hall–Kier alpha value is -1.91. The number of carboxylic acids is 1. The van der Waals surface area contributed by atoms with E-state index in [0.29, 0.717) is 18.7 Å². The number of nitrogens with one attached hydrogen (secondary N) is 1. The molecule has 1 heterocycles. The fourth-order valence-corrected chi connectivity index (χ4v) is 1.75. The molecule has 5 heteroatoms. The summed E-state index contributed by atoms with van der Waals surface area (Å²) in [6, 6.07) is 3.64. The van der Waals surface area contributed by atoms with Crippen LogP contribution in [0.1, 0.15) is 42.2 Å². The third-order valence-corrected chi connectivity index (χ3v) is 3.00. The van der Waals surface area contributed by atoms with Gasteiger partial charge in [0.1, 0.15) is 5.69 Å². The number of rotatable bonds is 7. The zero-order valence-electron chi connectivity index (χ0n) is 11.3. The van der Waals surface area contributed by atoms with E-state index in [1.54, 1.807) is 12.3 Å². The van der Waals surface area contributed by atoms with Gasteiger partial charge >= 0.3 is 5.97 Å². The Kier molecular flexibility index (Phi) is 5.99. The second-order valence-electron chi connectivity index (χ2n) is 4.75. The van der Waals surface area contributed by atoms with Gasteiger partial charge < -0.3 is 10.4 Å². The number of pyridine rings is 1. The number of carboxylic acid groups (broad SMARTS) is 1. The summed E-state index contributed by atoms with van der Waals surface area (Å²) in [5, 5.41) is 11.4. The van der Waals surface area contributed by atoms with Crippen molar-refractivity contribution in [3.05, 3.63) is 29.6 Å². The van der Waals surface area contributed by atoms with E-state index in [1.807, 2.05) is 19.9 Å². The minimum atomic E-state index is -0.778. The molecule has 0 bridgehead atoms. The highest BCUT2D eigenvalue weighted by atomic mass is 16.4. The molecule has 104 valence electrons. The summed E-state index contributed by atoms with van der Waals surface area (Å²) in [4.78, 5) is 26.3. The number of aliphatic carboxylic acids is 1. The van der Waals surface area contributed by atoms with Crippen molar-refractivity contribution in [2.75, 3.05) is 6.54 Å². The van der Waals surface area contributed by atoms with Gasteiger partial charge in [-0.2, -0.15) is 0 Å². The summed E-state index contributed by atoms with van der Waals surface area (Å²) in [7, 11) is 0. The van der Waals surface area contributed by atoms with Gasteiger partial charge in [-0.3, -0.25) is 14.6 Å². The summed E-state index contributed by atoms with van der Waals surface area (Å²) in [6.07, 6.45) is 3.17. The summed E-state index contributed by atoms with van der Waals surface area (Å²) in [5.74, 6) is -0.676. The monoisotopic (exact) mass is 264 g/mol. The molecule has 5 nitrogen and oxygen atoms in total. The molecule has 0 aromatic carbocycles. The molecular weight excluding hydrogens is 244 g/mol. The Morgan fingerprint density at radius 1 is 1.42 bits per heavy atom. The van der Waals surface area contributed by atoms with E-state index < -0.39 is 5.97 Å². The van der Waals surface area contributed by atoms with Gasteiger partial charge in [-0.25, -0.2) is 0 Å². The fourth-order valence-electron chi connectivity index (χ4n) is 1.75. The largest absolute Gasteiger partial charge is 0.481 e. The quantitative estimate of drug-likeness (QED) is 0.789. The molecule has 0 fully saturated rings. The van der Waals surface area contributed by atoms with Crippen molar-refractivity contribution in [2.24, 2.45) is 5.92 Å². The zero-order valence-corrected chi connectivity index (χ0v) is 11.3. The number of hydrogen-bond acceptors (Lipinski definition) is 3. The van der Waals surface area contributed by atoms with Gasteiger partial charge in [-0.1, -0.05) is 13.0 Å². The molecule has 0 saturated heterocycles. The second-order valence-corrected chi connectivity index (χ2v) is 4.75. The fraction of sp³-hybridized carbons (Fsp3) is 0.500. The van der Waals surface area contributed by atoms with Crippen LogP contribution >= 0.6 is 0 Å². The van der Waals surface area contributed by atoms with E-state index in [4.69, 9.17) is 5.11 Å². The van der Waals surface area contributed by atoms with Crippen molar-refractivity contribution in [1.29, 1.82) is 0 Å². The minimum Gasteiger partial charge on any atom is -0.481 e. The molecule has 1 rings (SSSR count). The Bertz CT molecular complexity index is 446. The molecule has 0 aliphatic rings. The van der Waals surface area contributed by atoms with Crippen molar-refractivity contribution < 1.29 is 14.7 Å². The molecule has 2 N–H and O–H groups in total. The molecule has 0 radical (unpaired) electrons. The minimum absolute atomic E-state index is 0.175. The topological polar surface area (TPSA) is 79.3 Å². The molecule has 1 aromatic rings. The highest BCUT2D eigenvalue weighted by molar-refractivity contribution is 5.93. The van der Waals surface area contributed by atoms with Gasteiger partial charge in [0.25, 0.3) is 5.91 Å². The first-order chi connectivity index (χ1) is 9.00. The van der Waals surface area contributed by atoms with E-state index in [1.165, 1.54) is 0 Å². The van der Waals surface area contributed by atoms with Crippen LogP contribution in [0.5, 0.6) is 0 Å². The Morgan fingerprint density at radius 3 is 2.79 bits per heavy atom. The highest BCUT2D eigenvalue weighted by Crippen LogP contribution is 2.09. The maximum Gasteiger partial charge on any atom is 0.303 e.